The summed E-state index contributed by atoms with van der Waals surface area (Å²) in [5, 5.41) is 8.85. The summed E-state index contributed by atoms with van der Waals surface area (Å²) in [6.45, 7) is 0.0986. The van der Waals surface area contributed by atoms with Crippen LogP contribution < -0.4 is 0 Å². The average Bonchev–Trinajstić information content (AvgIpc) is 2.15. The number of thioether (sulfide) groups is 1. The molecule has 0 radical (unpaired) electrons. The molecule has 0 saturated carbocycles. The van der Waals surface area contributed by atoms with E-state index in [4.69, 9.17) is 9.84 Å². The van der Waals surface area contributed by atoms with Gasteiger partial charge >= 0.3 is 0 Å². The lowest BCUT2D eigenvalue weighted by Crippen LogP contribution is -1.85. The van der Waals surface area contributed by atoms with E-state index in [1.807, 2.05) is 24.3 Å². The Kier molecular flexibility index (Phi) is 4.14. The molecule has 0 aromatic heterocycles. The van der Waals surface area contributed by atoms with Crippen molar-refractivity contribution in [2.75, 3.05) is 13.0 Å². The number of hydrogen-bond donors (Lipinski definition) is 1. The molecule has 2 nitrogen and oxygen atoms in total. The second-order valence-corrected chi connectivity index (χ2v) is 3.35. The molecule has 0 heterocycles. The Bertz CT molecular complexity index is 238. The normalized spacial score (nSPS) is 10.2. The van der Waals surface area contributed by atoms with Crippen molar-refractivity contribution in [2.45, 2.75) is 11.5 Å². The lowest BCUT2D eigenvalue weighted by molar-refractivity contribution is 0.259. The summed E-state index contributed by atoms with van der Waals surface area (Å²) in [4.78, 5) is 1.13. The van der Waals surface area contributed by atoms with Gasteiger partial charge in [0.15, 0.2) is 0 Å². The highest BCUT2D eigenvalue weighted by Crippen LogP contribution is 2.18. The van der Waals surface area contributed by atoms with Gasteiger partial charge < -0.3 is 9.84 Å². The number of ether oxygens (including phenoxy) is 1. The van der Waals surface area contributed by atoms with Crippen LogP contribution in [0.25, 0.3) is 0 Å². The summed E-state index contributed by atoms with van der Waals surface area (Å²) in [5.41, 5.74) is 0.941. The van der Waals surface area contributed by atoms with Crippen molar-refractivity contribution in [3.05, 3.63) is 29.8 Å². The van der Waals surface area contributed by atoms with Crippen molar-refractivity contribution in [1.29, 1.82) is 0 Å². The molecule has 0 spiro atoms. The summed E-state index contributed by atoms with van der Waals surface area (Å²) < 4.78 is 4.92. The molecule has 0 aliphatic heterocycles. The Labute approximate surface area is 76.6 Å². The first-order chi connectivity index (χ1) is 5.86. The highest BCUT2D eigenvalue weighted by molar-refractivity contribution is 7.99. The van der Waals surface area contributed by atoms with Crippen LogP contribution in [0.5, 0.6) is 0 Å². The highest BCUT2D eigenvalue weighted by atomic mass is 32.2. The van der Waals surface area contributed by atoms with Gasteiger partial charge in [-0.05, 0) is 17.7 Å². The first kappa shape index (κ1) is 9.58. The van der Waals surface area contributed by atoms with Gasteiger partial charge in [0.1, 0.15) is 0 Å². The second-order valence-electron chi connectivity index (χ2n) is 2.36. The molecule has 1 aromatic carbocycles. The molecule has 0 amide bonds. The standard InChI is InChI=1S/C9H12O2S/c1-11-7-12-9-4-2-3-8(5-9)6-10/h2-5,10H,6-7H2,1H3. The minimum Gasteiger partial charge on any atom is -0.392 e. The molecule has 1 N–H and O–H groups in total. The lowest BCUT2D eigenvalue weighted by atomic mass is 10.2. The van der Waals surface area contributed by atoms with Gasteiger partial charge in [-0.3, -0.25) is 0 Å². The molecule has 0 saturated heterocycles. The third kappa shape index (κ3) is 2.85. The maximum Gasteiger partial charge on any atom is 0.0963 e. The van der Waals surface area contributed by atoms with E-state index in [0.717, 1.165) is 10.5 Å². The first-order valence-corrected chi connectivity index (χ1v) is 4.67. The minimum absolute atomic E-state index is 0.0986. The topological polar surface area (TPSA) is 29.5 Å². The van der Waals surface area contributed by atoms with Crippen LogP contribution >= 0.6 is 11.8 Å². The smallest absolute Gasteiger partial charge is 0.0963 e. The van der Waals surface area contributed by atoms with E-state index in [2.05, 4.69) is 0 Å². The predicted octanol–water partition coefficient (Wildman–Crippen LogP) is 1.87. The Morgan fingerprint density at radius 2 is 2.33 bits per heavy atom. The van der Waals surface area contributed by atoms with Crippen LogP contribution in [-0.4, -0.2) is 18.2 Å². The zero-order valence-corrected chi connectivity index (χ0v) is 7.80. The molecular weight excluding hydrogens is 172 g/mol. The molecule has 3 heteroatoms. The molecule has 0 fully saturated rings. The predicted molar refractivity (Wildman–Crippen MR) is 50.1 cm³/mol. The molecule has 0 unspecified atom stereocenters. The van der Waals surface area contributed by atoms with Crippen LogP contribution in [-0.2, 0) is 11.3 Å². The van der Waals surface area contributed by atoms with E-state index in [1.54, 1.807) is 18.9 Å². The van der Waals surface area contributed by atoms with Crippen LogP contribution in [0, 0.1) is 0 Å². The van der Waals surface area contributed by atoms with E-state index in [-0.39, 0.29) is 6.61 Å². The number of hydrogen-bond acceptors (Lipinski definition) is 3. The van der Waals surface area contributed by atoms with Gasteiger partial charge in [0.05, 0.1) is 12.5 Å². The van der Waals surface area contributed by atoms with Gasteiger partial charge in [0.25, 0.3) is 0 Å². The Morgan fingerprint density at radius 3 is 3.00 bits per heavy atom. The Morgan fingerprint density at radius 1 is 1.50 bits per heavy atom. The fraction of sp³-hybridized carbons (Fsp3) is 0.333. The number of benzene rings is 1. The van der Waals surface area contributed by atoms with E-state index in [0.29, 0.717) is 5.94 Å². The van der Waals surface area contributed by atoms with E-state index >= 15 is 0 Å². The maximum atomic E-state index is 8.85. The molecule has 0 aliphatic rings. The summed E-state index contributed by atoms with van der Waals surface area (Å²) >= 11 is 1.62. The first-order valence-electron chi connectivity index (χ1n) is 3.68. The summed E-state index contributed by atoms with van der Waals surface area (Å²) in [6, 6.07) is 7.80. The fourth-order valence-electron chi connectivity index (χ4n) is 0.861. The average molecular weight is 184 g/mol. The van der Waals surface area contributed by atoms with Crippen LogP contribution in [0.3, 0.4) is 0 Å². The largest absolute Gasteiger partial charge is 0.392 e. The Balaban J connectivity index is 2.60. The van der Waals surface area contributed by atoms with Gasteiger partial charge in [-0.15, -0.1) is 0 Å². The third-order valence-corrected chi connectivity index (χ3v) is 2.37. The van der Waals surface area contributed by atoms with Gasteiger partial charge in [0.2, 0.25) is 0 Å². The van der Waals surface area contributed by atoms with Crippen LogP contribution in [0.1, 0.15) is 5.56 Å². The monoisotopic (exact) mass is 184 g/mol. The SMILES string of the molecule is COCSc1cccc(CO)c1. The lowest BCUT2D eigenvalue weighted by Gasteiger charge is -2.01. The number of aliphatic hydroxyl groups excluding tert-OH is 1. The van der Waals surface area contributed by atoms with Crippen molar-refractivity contribution in [3.8, 4) is 0 Å². The molecule has 0 aliphatic carbocycles. The molecule has 0 bridgehead atoms. The minimum atomic E-state index is 0.0986. The molecular formula is C9H12O2S. The molecule has 12 heavy (non-hydrogen) atoms. The van der Waals surface area contributed by atoms with Crippen molar-refractivity contribution >= 4 is 11.8 Å². The quantitative estimate of drug-likeness (QED) is 0.572. The maximum absolute atomic E-state index is 8.85. The molecule has 66 valence electrons. The van der Waals surface area contributed by atoms with E-state index in [9.17, 15) is 0 Å². The number of methoxy groups -OCH3 is 1. The van der Waals surface area contributed by atoms with Crippen LogP contribution in [0.2, 0.25) is 0 Å². The van der Waals surface area contributed by atoms with Gasteiger partial charge in [-0.1, -0.05) is 23.9 Å². The fourth-order valence-corrected chi connectivity index (χ4v) is 1.52. The third-order valence-electron chi connectivity index (χ3n) is 1.42. The zero-order chi connectivity index (χ0) is 8.81. The summed E-state index contributed by atoms with van der Waals surface area (Å²) in [7, 11) is 1.67. The number of aliphatic hydroxyl groups is 1. The highest BCUT2D eigenvalue weighted by Gasteiger charge is 1.94. The molecule has 1 rings (SSSR count). The zero-order valence-electron chi connectivity index (χ0n) is 6.99. The second kappa shape index (κ2) is 5.19. The Hall–Kier alpha value is -0.510. The van der Waals surface area contributed by atoms with E-state index < -0.39 is 0 Å². The molecule has 1 aromatic rings. The summed E-state index contributed by atoms with van der Waals surface area (Å²) in [6.07, 6.45) is 0. The summed E-state index contributed by atoms with van der Waals surface area (Å²) in [5.74, 6) is 0.648. The number of rotatable bonds is 4. The van der Waals surface area contributed by atoms with Gasteiger partial charge in [-0.25, -0.2) is 0 Å². The van der Waals surface area contributed by atoms with E-state index in [1.165, 1.54) is 0 Å². The van der Waals surface area contributed by atoms with Crippen molar-refractivity contribution in [1.82, 2.24) is 0 Å². The van der Waals surface area contributed by atoms with Crippen molar-refractivity contribution < 1.29 is 9.84 Å². The van der Waals surface area contributed by atoms with Crippen molar-refractivity contribution in [3.63, 3.8) is 0 Å². The van der Waals surface area contributed by atoms with Crippen molar-refractivity contribution in [2.24, 2.45) is 0 Å². The van der Waals surface area contributed by atoms with Crippen LogP contribution in [0.15, 0.2) is 29.2 Å². The van der Waals surface area contributed by atoms with Gasteiger partial charge in [-0.2, -0.15) is 0 Å². The van der Waals surface area contributed by atoms with Gasteiger partial charge in [0, 0.05) is 12.0 Å². The molecule has 0 atom stereocenters. The van der Waals surface area contributed by atoms with Crippen LogP contribution in [0.4, 0.5) is 0 Å².